The van der Waals surface area contributed by atoms with Gasteiger partial charge in [0.05, 0.1) is 0 Å². The predicted molar refractivity (Wildman–Crippen MR) is 53.2 cm³/mol. The number of Topliss-reactive ketones (excluding diaryl/α,β-unsaturated/α-hetero) is 1. The second-order valence-corrected chi connectivity index (χ2v) is 3.48. The Labute approximate surface area is 79.0 Å². The standard InChI is InChI=1S/C11H15NO/c1-6-7(2)9(4)12-11(8(6)3)10(5)13/h1-5H3. The molecular formula is C11H15NO. The minimum absolute atomic E-state index is 0.0451. The van der Waals surface area contributed by atoms with Crippen LogP contribution in [-0.4, -0.2) is 10.8 Å². The minimum Gasteiger partial charge on any atom is -0.293 e. The van der Waals surface area contributed by atoms with Gasteiger partial charge in [-0.2, -0.15) is 0 Å². The maximum absolute atomic E-state index is 11.2. The Morgan fingerprint density at radius 1 is 1.00 bits per heavy atom. The predicted octanol–water partition coefficient (Wildman–Crippen LogP) is 2.52. The summed E-state index contributed by atoms with van der Waals surface area (Å²) < 4.78 is 0. The van der Waals surface area contributed by atoms with Gasteiger partial charge in [-0.1, -0.05) is 0 Å². The third-order valence-electron chi connectivity index (χ3n) is 2.64. The summed E-state index contributed by atoms with van der Waals surface area (Å²) in [5.74, 6) is 0.0451. The molecule has 0 aliphatic carbocycles. The van der Waals surface area contributed by atoms with Crippen LogP contribution in [0.25, 0.3) is 0 Å². The van der Waals surface area contributed by atoms with Gasteiger partial charge < -0.3 is 0 Å². The topological polar surface area (TPSA) is 30.0 Å². The van der Waals surface area contributed by atoms with E-state index in [-0.39, 0.29) is 5.78 Å². The summed E-state index contributed by atoms with van der Waals surface area (Å²) in [5.41, 5.74) is 4.93. The van der Waals surface area contributed by atoms with Crippen molar-refractivity contribution in [1.29, 1.82) is 0 Å². The highest BCUT2D eigenvalue weighted by atomic mass is 16.1. The average Bonchev–Trinajstić information content (AvgIpc) is 2.07. The van der Waals surface area contributed by atoms with Crippen LogP contribution in [0, 0.1) is 27.7 Å². The van der Waals surface area contributed by atoms with Gasteiger partial charge in [-0.3, -0.25) is 4.79 Å². The highest BCUT2D eigenvalue weighted by Crippen LogP contribution is 2.18. The van der Waals surface area contributed by atoms with E-state index in [2.05, 4.69) is 4.98 Å². The Kier molecular flexibility index (Phi) is 2.50. The lowest BCUT2D eigenvalue weighted by Gasteiger charge is -2.10. The van der Waals surface area contributed by atoms with E-state index in [9.17, 15) is 4.79 Å². The van der Waals surface area contributed by atoms with Gasteiger partial charge in [0.25, 0.3) is 0 Å². The molecule has 0 atom stereocenters. The Hall–Kier alpha value is -1.18. The molecule has 70 valence electrons. The molecule has 0 aliphatic rings. The molecule has 0 saturated carbocycles. The van der Waals surface area contributed by atoms with Gasteiger partial charge in [0, 0.05) is 12.6 Å². The van der Waals surface area contributed by atoms with E-state index in [4.69, 9.17) is 0 Å². The number of ketones is 1. The van der Waals surface area contributed by atoms with Gasteiger partial charge in [0.15, 0.2) is 5.78 Å². The summed E-state index contributed by atoms with van der Waals surface area (Å²) in [6.45, 7) is 9.52. The Bertz CT molecular complexity index is 367. The SMILES string of the molecule is CC(=O)c1nc(C)c(C)c(C)c1C. The van der Waals surface area contributed by atoms with Crippen LogP contribution in [-0.2, 0) is 0 Å². The van der Waals surface area contributed by atoms with Crippen LogP contribution < -0.4 is 0 Å². The van der Waals surface area contributed by atoms with E-state index in [1.807, 2.05) is 27.7 Å². The second kappa shape index (κ2) is 3.29. The quantitative estimate of drug-likeness (QED) is 0.617. The molecule has 0 radical (unpaired) electrons. The van der Waals surface area contributed by atoms with Crippen LogP contribution in [0.15, 0.2) is 0 Å². The molecular weight excluding hydrogens is 162 g/mol. The van der Waals surface area contributed by atoms with Crippen LogP contribution in [0.2, 0.25) is 0 Å². The zero-order valence-corrected chi connectivity index (χ0v) is 8.86. The summed E-state index contributed by atoms with van der Waals surface area (Å²) in [6.07, 6.45) is 0. The van der Waals surface area contributed by atoms with Crippen molar-refractivity contribution >= 4 is 5.78 Å². The molecule has 0 bridgehead atoms. The fourth-order valence-corrected chi connectivity index (χ4v) is 1.41. The van der Waals surface area contributed by atoms with Crippen molar-refractivity contribution in [1.82, 2.24) is 4.98 Å². The molecule has 0 saturated heterocycles. The maximum atomic E-state index is 11.2. The summed E-state index contributed by atoms with van der Waals surface area (Å²) in [7, 11) is 0. The molecule has 0 amide bonds. The zero-order valence-electron chi connectivity index (χ0n) is 8.86. The Morgan fingerprint density at radius 2 is 1.54 bits per heavy atom. The van der Waals surface area contributed by atoms with Crippen LogP contribution in [0.1, 0.15) is 39.8 Å². The summed E-state index contributed by atoms with van der Waals surface area (Å²) in [4.78, 5) is 15.5. The number of carbonyl (C=O) groups excluding carboxylic acids is 1. The number of hydrogen-bond donors (Lipinski definition) is 0. The number of pyridine rings is 1. The monoisotopic (exact) mass is 177 g/mol. The molecule has 1 aromatic rings. The van der Waals surface area contributed by atoms with Gasteiger partial charge in [-0.05, 0) is 44.4 Å². The van der Waals surface area contributed by atoms with E-state index in [1.165, 1.54) is 11.1 Å². The van der Waals surface area contributed by atoms with Crippen molar-refractivity contribution < 1.29 is 4.79 Å². The Morgan fingerprint density at radius 3 is 2.00 bits per heavy atom. The van der Waals surface area contributed by atoms with Crippen molar-refractivity contribution in [3.8, 4) is 0 Å². The summed E-state index contributed by atoms with van der Waals surface area (Å²) in [5, 5.41) is 0. The molecule has 0 aliphatic heterocycles. The molecule has 1 aromatic heterocycles. The zero-order chi connectivity index (χ0) is 10.2. The number of aromatic nitrogens is 1. The van der Waals surface area contributed by atoms with Gasteiger partial charge in [0.2, 0.25) is 0 Å². The summed E-state index contributed by atoms with van der Waals surface area (Å²) in [6, 6.07) is 0. The first-order chi connectivity index (χ1) is 5.95. The van der Waals surface area contributed by atoms with Crippen molar-refractivity contribution in [2.75, 3.05) is 0 Å². The van der Waals surface area contributed by atoms with Gasteiger partial charge in [0.1, 0.15) is 5.69 Å². The number of aryl methyl sites for hydroxylation is 1. The van der Waals surface area contributed by atoms with Crippen molar-refractivity contribution in [2.45, 2.75) is 34.6 Å². The highest BCUT2D eigenvalue weighted by molar-refractivity contribution is 5.94. The van der Waals surface area contributed by atoms with Gasteiger partial charge in [-0.25, -0.2) is 4.98 Å². The molecule has 2 nitrogen and oxygen atoms in total. The number of hydrogen-bond acceptors (Lipinski definition) is 2. The fraction of sp³-hybridized carbons (Fsp3) is 0.455. The number of rotatable bonds is 1. The van der Waals surface area contributed by atoms with Crippen LogP contribution in [0.3, 0.4) is 0 Å². The fourth-order valence-electron chi connectivity index (χ4n) is 1.41. The first-order valence-electron chi connectivity index (χ1n) is 4.40. The molecule has 0 N–H and O–H groups in total. The third kappa shape index (κ3) is 1.62. The lowest BCUT2D eigenvalue weighted by atomic mass is 10.0. The van der Waals surface area contributed by atoms with Crippen molar-refractivity contribution in [3.05, 3.63) is 28.1 Å². The van der Waals surface area contributed by atoms with Crippen molar-refractivity contribution in [2.24, 2.45) is 0 Å². The number of nitrogens with zero attached hydrogens (tertiary/aromatic N) is 1. The lowest BCUT2D eigenvalue weighted by molar-refractivity contribution is 0.101. The molecule has 0 aromatic carbocycles. The molecule has 0 fully saturated rings. The molecule has 1 heterocycles. The van der Waals surface area contributed by atoms with E-state index >= 15 is 0 Å². The average molecular weight is 177 g/mol. The van der Waals surface area contributed by atoms with Gasteiger partial charge in [-0.15, -0.1) is 0 Å². The maximum Gasteiger partial charge on any atom is 0.178 e. The molecule has 13 heavy (non-hydrogen) atoms. The minimum atomic E-state index is 0.0451. The normalized spacial score (nSPS) is 10.2. The molecule has 1 rings (SSSR count). The van der Waals surface area contributed by atoms with Crippen LogP contribution in [0.5, 0.6) is 0 Å². The lowest BCUT2D eigenvalue weighted by Crippen LogP contribution is -2.06. The van der Waals surface area contributed by atoms with Crippen LogP contribution in [0.4, 0.5) is 0 Å². The molecule has 0 unspecified atom stereocenters. The molecule has 2 heteroatoms. The van der Waals surface area contributed by atoms with E-state index in [1.54, 1.807) is 6.92 Å². The largest absolute Gasteiger partial charge is 0.293 e. The first kappa shape index (κ1) is 9.90. The summed E-state index contributed by atoms with van der Waals surface area (Å²) >= 11 is 0. The first-order valence-corrected chi connectivity index (χ1v) is 4.40. The van der Waals surface area contributed by atoms with Crippen molar-refractivity contribution in [3.63, 3.8) is 0 Å². The van der Waals surface area contributed by atoms with E-state index in [0.717, 1.165) is 11.3 Å². The van der Waals surface area contributed by atoms with E-state index in [0.29, 0.717) is 5.69 Å². The van der Waals surface area contributed by atoms with Crippen LogP contribution >= 0.6 is 0 Å². The second-order valence-electron chi connectivity index (χ2n) is 3.48. The van der Waals surface area contributed by atoms with Gasteiger partial charge >= 0.3 is 0 Å². The smallest absolute Gasteiger partial charge is 0.178 e. The van der Waals surface area contributed by atoms with E-state index < -0.39 is 0 Å². The molecule has 0 spiro atoms. The number of carbonyl (C=O) groups is 1. The third-order valence-corrected chi connectivity index (χ3v) is 2.64. The Balaban J connectivity index is 3.50. The highest BCUT2D eigenvalue weighted by Gasteiger charge is 2.11.